The summed E-state index contributed by atoms with van der Waals surface area (Å²) in [6, 6.07) is 70.0. The first-order chi connectivity index (χ1) is 30.7. The molecule has 0 saturated carbocycles. The Labute approximate surface area is 355 Å². The number of aromatic nitrogens is 3. The van der Waals surface area contributed by atoms with Crippen molar-refractivity contribution in [1.29, 1.82) is 0 Å². The molecule has 10 aromatic carbocycles. The lowest BCUT2D eigenvalue weighted by Crippen LogP contribution is -2.00. The van der Waals surface area contributed by atoms with Gasteiger partial charge in [0.05, 0.1) is 0 Å². The normalized spacial score (nSPS) is 11.9. The molecule has 13 rings (SSSR count). The van der Waals surface area contributed by atoms with E-state index >= 15 is 0 Å². The monoisotopic (exact) mass is 791 g/mol. The summed E-state index contributed by atoms with van der Waals surface area (Å²) in [5.41, 5.74) is 10.8. The second kappa shape index (κ2) is 13.6. The van der Waals surface area contributed by atoms with Crippen molar-refractivity contribution in [1.82, 2.24) is 15.0 Å². The Balaban J connectivity index is 0.949. The van der Waals surface area contributed by atoms with E-state index in [4.69, 9.17) is 23.8 Å². The number of hydrogen-bond donors (Lipinski definition) is 0. The van der Waals surface area contributed by atoms with E-state index < -0.39 is 0 Å². The van der Waals surface area contributed by atoms with Crippen molar-refractivity contribution in [2.24, 2.45) is 0 Å². The van der Waals surface area contributed by atoms with E-state index in [1.807, 2.05) is 30.3 Å². The number of para-hydroxylation sites is 2. The zero-order chi connectivity index (χ0) is 40.7. The standard InChI is InChI=1S/C57H33N3O2/c1-2-10-37-29-38(24-21-34(37)9-1)35-19-22-36(23-20-35)55-58-56(41-26-25-39-32-49-46-12-3-5-16-50(46)62-53(49)33-43(39)31-41)60-57(59-55)42-27-28-44-40(30-42)11-7-14-45(44)47-15-8-18-52-54(47)48-13-4-6-17-51(48)61-52/h1-33H. The van der Waals surface area contributed by atoms with Gasteiger partial charge >= 0.3 is 0 Å². The van der Waals surface area contributed by atoms with Crippen LogP contribution in [0, 0.1) is 0 Å². The molecule has 0 aliphatic carbocycles. The zero-order valence-corrected chi connectivity index (χ0v) is 33.2. The van der Waals surface area contributed by atoms with Gasteiger partial charge in [-0.05, 0) is 103 Å². The summed E-state index contributed by atoms with van der Waals surface area (Å²) in [7, 11) is 0. The topological polar surface area (TPSA) is 65.0 Å². The van der Waals surface area contributed by atoms with Crippen molar-refractivity contribution >= 4 is 76.2 Å². The lowest BCUT2D eigenvalue weighted by molar-refractivity contribution is 0.669. The van der Waals surface area contributed by atoms with Crippen molar-refractivity contribution in [3.63, 3.8) is 0 Å². The van der Waals surface area contributed by atoms with Gasteiger partial charge in [0.25, 0.3) is 0 Å². The quantitative estimate of drug-likeness (QED) is 0.174. The van der Waals surface area contributed by atoms with E-state index in [-0.39, 0.29) is 0 Å². The number of benzene rings is 10. The van der Waals surface area contributed by atoms with Gasteiger partial charge in [0, 0.05) is 38.2 Å². The second-order valence-electron chi connectivity index (χ2n) is 16.0. The average molecular weight is 792 g/mol. The van der Waals surface area contributed by atoms with Crippen molar-refractivity contribution < 1.29 is 8.83 Å². The summed E-state index contributed by atoms with van der Waals surface area (Å²) in [4.78, 5) is 15.5. The Bertz CT molecular complexity index is 3940. The molecule has 3 heterocycles. The Morgan fingerprint density at radius 3 is 1.63 bits per heavy atom. The lowest BCUT2D eigenvalue weighted by atomic mass is 9.94. The number of furan rings is 2. The van der Waals surface area contributed by atoms with Crippen LogP contribution in [-0.4, -0.2) is 15.0 Å². The van der Waals surface area contributed by atoms with Gasteiger partial charge in [0.1, 0.15) is 22.3 Å². The highest BCUT2D eigenvalue weighted by molar-refractivity contribution is 6.15. The minimum Gasteiger partial charge on any atom is -0.456 e. The average Bonchev–Trinajstić information content (AvgIpc) is 3.90. The molecule has 5 nitrogen and oxygen atoms in total. The van der Waals surface area contributed by atoms with Crippen LogP contribution in [0.25, 0.3) is 133 Å². The van der Waals surface area contributed by atoms with Crippen LogP contribution in [-0.2, 0) is 0 Å². The first-order valence-corrected chi connectivity index (χ1v) is 20.8. The van der Waals surface area contributed by atoms with Crippen LogP contribution in [0.5, 0.6) is 0 Å². The summed E-state index contributed by atoms with van der Waals surface area (Å²) in [6.07, 6.45) is 0. The fourth-order valence-corrected chi connectivity index (χ4v) is 9.21. The van der Waals surface area contributed by atoms with Gasteiger partial charge in [-0.15, -0.1) is 0 Å². The van der Waals surface area contributed by atoms with E-state index in [1.54, 1.807) is 0 Å². The molecule has 0 saturated heterocycles. The number of fused-ring (bicyclic) bond motifs is 9. The summed E-state index contributed by atoms with van der Waals surface area (Å²) in [5.74, 6) is 1.81. The summed E-state index contributed by atoms with van der Waals surface area (Å²) in [5, 5.41) is 11.3. The van der Waals surface area contributed by atoms with Gasteiger partial charge in [-0.3, -0.25) is 0 Å². The molecule has 0 bridgehead atoms. The summed E-state index contributed by atoms with van der Waals surface area (Å²) in [6.45, 7) is 0. The molecule has 13 aromatic rings. The van der Waals surface area contributed by atoms with Crippen LogP contribution in [0.1, 0.15) is 0 Å². The molecule has 0 unspecified atom stereocenters. The fourth-order valence-electron chi connectivity index (χ4n) is 9.21. The Morgan fingerprint density at radius 1 is 0.258 bits per heavy atom. The third-order valence-corrected chi connectivity index (χ3v) is 12.3. The van der Waals surface area contributed by atoms with Crippen molar-refractivity contribution in [2.45, 2.75) is 0 Å². The molecule has 62 heavy (non-hydrogen) atoms. The smallest absolute Gasteiger partial charge is 0.164 e. The molecule has 0 spiro atoms. The summed E-state index contributed by atoms with van der Waals surface area (Å²) < 4.78 is 12.6. The van der Waals surface area contributed by atoms with E-state index in [2.05, 4.69) is 170 Å². The minimum absolute atomic E-state index is 0.600. The van der Waals surface area contributed by atoms with E-state index in [1.165, 1.54) is 10.8 Å². The van der Waals surface area contributed by atoms with Crippen LogP contribution in [0.3, 0.4) is 0 Å². The molecule has 288 valence electrons. The van der Waals surface area contributed by atoms with Crippen LogP contribution in [0.2, 0.25) is 0 Å². The molecule has 5 heteroatoms. The SMILES string of the molecule is c1ccc2cc(-c3ccc(-c4nc(-c5ccc6cc7c(cc6c5)oc5ccccc57)nc(-c5ccc6c(-c7cccc8oc9ccccc9c78)cccc6c5)n4)cc3)ccc2c1. The third-order valence-electron chi connectivity index (χ3n) is 12.3. The lowest BCUT2D eigenvalue weighted by Gasteiger charge is -2.12. The fraction of sp³-hybridized carbons (Fsp3) is 0. The highest BCUT2D eigenvalue weighted by Crippen LogP contribution is 2.40. The maximum absolute atomic E-state index is 6.28. The van der Waals surface area contributed by atoms with Gasteiger partial charge < -0.3 is 8.83 Å². The first kappa shape index (κ1) is 34.5. The van der Waals surface area contributed by atoms with Gasteiger partial charge in [-0.2, -0.15) is 0 Å². The highest BCUT2D eigenvalue weighted by atomic mass is 16.3. The van der Waals surface area contributed by atoms with Crippen LogP contribution in [0.4, 0.5) is 0 Å². The molecule has 0 aliphatic rings. The van der Waals surface area contributed by atoms with Gasteiger partial charge in [-0.25, -0.2) is 15.0 Å². The number of rotatable bonds is 5. The molecular weight excluding hydrogens is 759 g/mol. The molecule has 0 N–H and O–H groups in total. The van der Waals surface area contributed by atoms with Crippen LogP contribution < -0.4 is 0 Å². The van der Waals surface area contributed by atoms with E-state index in [9.17, 15) is 0 Å². The number of hydrogen-bond acceptors (Lipinski definition) is 5. The predicted octanol–water partition coefficient (Wildman–Crippen LogP) is 15.5. The molecule has 3 aromatic heterocycles. The van der Waals surface area contributed by atoms with Crippen LogP contribution in [0.15, 0.2) is 209 Å². The third kappa shape index (κ3) is 5.60. The van der Waals surface area contributed by atoms with Crippen molar-refractivity contribution in [2.75, 3.05) is 0 Å². The maximum atomic E-state index is 6.28. The van der Waals surface area contributed by atoms with Crippen molar-refractivity contribution in [3.05, 3.63) is 200 Å². The molecule has 0 aliphatic heterocycles. The minimum atomic E-state index is 0.600. The molecule has 0 atom stereocenters. The first-order valence-electron chi connectivity index (χ1n) is 20.8. The largest absolute Gasteiger partial charge is 0.456 e. The van der Waals surface area contributed by atoms with Gasteiger partial charge in [0.15, 0.2) is 17.5 Å². The van der Waals surface area contributed by atoms with Crippen LogP contribution >= 0.6 is 0 Å². The van der Waals surface area contributed by atoms with Gasteiger partial charge in [0.2, 0.25) is 0 Å². The Hall–Kier alpha value is -8.41. The molecule has 0 radical (unpaired) electrons. The predicted molar refractivity (Wildman–Crippen MR) is 254 cm³/mol. The Morgan fingerprint density at radius 2 is 0.790 bits per heavy atom. The van der Waals surface area contributed by atoms with Crippen molar-refractivity contribution in [3.8, 4) is 56.4 Å². The summed E-state index contributed by atoms with van der Waals surface area (Å²) >= 11 is 0. The van der Waals surface area contributed by atoms with E-state index in [0.717, 1.165) is 104 Å². The molecule has 0 fully saturated rings. The van der Waals surface area contributed by atoms with Gasteiger partial charge in [-0.1, -0.05) is 152 Å². The second-order valence-corrected chi connectivity index (χ2v) is 16.0. The van der Waals surface area contributed by atoms with E-state index in [0.29, 0.717) is 17.5 Å². The molecular formula is C57H33N3O2. The maximum Gasteiger partial charge on any atom is 0.164 e. The molecule has 0 amide bonds. The zero-order valence-electron chi connectivity index (χ0n) is 33.2. The Kier molecular flexibility index (Phi) is 7.54. The number of nitrogens with zero attached hydrogens (tertiary/aromatic N) is 3. The highest BCUT2D eigenvalue weighted by Gasteiger charge is 2.18.